The van der Waals surface area contributed by atoms with E-state index >= 15 is 0 Å². The van der Waals surface area contributed by atoms with Gasteiger partial charge in [0.1, 0.15) is 0 Å². The molecule has 3 aromatic carbocycles. The first-order valence-corrected chi connectivity index (χ1v) is 10.6. The highest BCUT2D eigenvalue weighted by atomic mass is 19.4. The van der Waals surface area contributed by atoms with Crippen molar-refractivity contribution in [3.63, 3.8) is 0 Å². The van der Waals surface area contributed by atoms with Gasteiger partial charge in [-0.3, -0.25) is 0 Å². The van der Waals surface area contributed by atoms with Crippen LogP contribution in [0.25, 0.3) is 0 Å². The van der Waals surface area contributed by atoms with Gasteiger partial charge in [0.15, 0.2) is 0 Å². The maximum absolute atomic E-state index is 13.2. The Morgan fingerprint density at radius 1 is 0.778 bits per heavy atom. The first kappa shape index (κ1) is 26.6. The maximum Gasteiger partial charge on any atom is 0.416 e. The highest BCUT2D eigenvalue weighted by Crippen LogP contribution is 2.36. The Morgan fingerprint density at radius 3 is 1.81 bits per heavy atom. The van der Waals surface area contributed by atoms with Crippen LogP contribution in [0.15, 0.2) is 72.8 Å². The molecule has 3 rings (SSSR count). The summed E-state index contributed by atoms with van der Waals surface area (Å²) in [7, 11) is 0. The van der Waals surface area contributed by atoms with E-state index in [-0.39, 0.29) is 35.3 Å². The molecule has 0 aliphatic rings. The molecule has 3 N–H and O–H groups in total. The lowest BCUT2D eigenvalue weighted by molar-refractivity contribution is -0.138. The summed E-state index contributed by atoms with van der Waals surface area (Å²) < 4.78 is 79.5. The third kappa shape index (κ3) is 7.00. The summed E-state index contributed by atoms with van der Waals surface area (Å²) >= 11 is 0. The number of benzene rings is 3. The third-order valence-corrected chi connectivity index (χ3v) is 5.32. The van der Waals surface area contributed by atoms with Crippen LogP contribution in [-0.4, -0.2) is 23.7 Å². The van der Waals surface area contributed by atoms with Crippen molar-refractivity contribution in [2.24, 2.45) is 0 Å². The second kappa shape index (κ2) is 10.7. The van der Waals surface area contributed by atoms with Crippen molar-refractivity contribution in [2.75, 3.05) is 11.9 Å². The van der Waals surface area contributed by atoms with Gasteiger partial charge in [0.25, 0.3) is 0 Å². The highest BCUT2D eigenvalue weighted by Gasteiger charge is 2.33. The molecule has 11 heteroatoms. The number of halogens is 6. The number of anilines is 1. The van der Waals surface area contributed by atoms with Gasteiger partial charge in [-0.05, 0) is 47.9 Å². The van der Waals surface area contributed by atoms with Crippen LogP contribution in [0.2, 0.25) is 0 Å². The molecule has 0 aromatic heterocycles. The van der Waals surface area contributed by atoms with E-state index in [1.165, 1.54) is 48.5 Å². The molecule has 0 aliphatic heterocycles. The summed E-state index contributed by atoms with van der Waals surface area (Å²) in [6, 6.07) is 13.3. The van der Waals surface area contributed by atoms with Gasteiger partial charge in [-0.1, -0.05) is 42.5 Å². The zero-order valence-corrected chi connectivity index (χ0v) is 18.5. The van der Waals surface area contributed by atoms with Gasteiger partial charge < -0.3 is 15.7 Å². The molecule has 3 aromatic rings. The van der Waals surface area contributed by atoms with E-state index in [1.54, 1.807) is 0 Å². The Labute approximate surface area is 201 Å². The average molecular weight is 510 g/mol. The zero-order chi connectivity index (χ0) is 26.5. The normalized spacial score (nSPS) is 11.9. The molecule has 2 amide bonds. The van der Waals surface area contributed by atoms with Crippen LogP contribution in [0.4, 0.5) is 36.8 Å². The predicted molar refractivity (Wildman–Crippen MR) is 120 cm³/mol. The van der Waals surface area contributed by atoms with Crippen LogP contribution in [0, 0.1) is 0 Å². The molecular weight excluding hydrogens is 490 g/mol. The summed E-state index contributed by atoms with van der Waals surface area (Å²) in [6.07, 6.45) is -9.29. The number of carbonyl (C=O) groups is 2. The molecule has 190 valence electrons. The summed E-state index contributed by atoms with van der Waals surface area (Å²) in [5.41, 5.74) is -1.47. The number of hydrogen-bond acceptors (Lipinski definition) is 2. The van der Waals surface area contributed by atoms with Crippen LogP contribution < -0.4 is 10.6 Å². The van der Waals surface area contributed by atoms with Crippen LogP contribution in [0.3, 0.4) is 0 Å². The molecule has 0 spiro atoms. The first-order valence-electron chi connectivity index (χ1n) is 10.6. The number of carboxylic acid groups (broad SMARTS) is 1. The van der Waals surface area contributed by atoms with Gasteiger partial charge in [0.2, 0.25) is 0 Å². The van der Waals surface area contributed by atoms with Crippen LogP contribution >= 0.6 is 0 Å². The molecule has 0 fully saturated rings. The van der Waals surface area contributed by atoms with E-state index in [1.807, 2.05) is 0 Å². The number of urea groups is 1. The van der Waals surface area contributed by atoms with Crippen LogP contribution in [-0.2, 0) is 12.4 Å². The van der Waals surface area contributed by atoms with E-state index in [0.717, 1.165) is 24.3 Å². The van der Waals surface area contributed by atoms with Gasteiger partial charge in [-0.2, -0.15) is 26.3 Å². The Bertz CT molecular complexity index is 1180. The number of aromatic carboxylic acids is 1. The molecule has 36 heavy (non-hydrogen) atoms. The molecule has 0 bridgehead atoms. The van der Waals surface area contributed by atoms with Crippen molar-refractivity contribution in [3.05, 3.63) is 101 Å². The van der Waals surface area contributed by atoms with Gasteiger partial charge >= 0.3 is 24.4 Å². The molecule has 0 aliphatic carbocycles. The number of amides is 2. The second-order valence-corrected chi connectivity index (χ2v) is 7.85. The Hall–Kier alpha value is -4.02. The maximum atomic E-state index is 13.2. The molecular formula is C25H20F6N2O3. The largest absolute Gasteiger partial charge is 0.478 e. The minimum atomic E-state index is -4.64. The SMILES string of the molecule is O=C(NCCC(c1cccc(C(F)(F)F)c1)c1cccc(C(F)(F)F)c1)Nc1cccc(C(=O)O)c1. The van der Waals surface area contributed by atoms with E-state index in [9.17, 15) is 35.9 Å². The topological polar surface area (TPSA) is 78.4 Å². The van der Waals surface area contributed by atoms with Crippen molar-refractivity contribution >= 4 is 17.7 Å². The quantitative estimate of drug-likeness (QED) is 0.307. The molecule has 0 saturated carbocycles. The fourth-order valence-corrected chi connectivity index (χ4v) is 3.62. The number of carbonyl (C=O) groups excluding carboxylic acids is 1. The highest BCUT2D eigenvalue weighted by molar-refractivity contribution is 5.93. The first-order chi connectivity index (χ1) is 16.8. The number of hydrogen-bond donors (Lipinski definition) is 3. The monoisotopic (exact) mass is 510 g/mol. The minimum absolute atomic E-state index is 0.00872. The summed E-state index contributed by atoms with van der Waals surface area (Å²) in [5, 5.41) is 14.0. The summed E-state index contributed by atoms with van der Waals surface area (Å²) in [6.45, 7) is -0.0956. The van der Waals surface area contributed by atoms with E-state index in [0.29, 0.717) is 0 Å². The minimum Gasteiger partial charge on any atom is -0.478 e. The predicted octanol–water partition coefficient (Wildman–Crippen LogP) is 6.77. The molecule has 0 saturated heterocycles. The zero-order valence-electron chi connectivity index (χ0n) is 18.5. The molecule has 0 unspecified atom stereocenters. The van der Waals surface area contributed by atoms with E-state index < -0.39 is 41.4 Å². The van der Waals surface area contributed by atoms with Crippen LogP contribution in [0.1, 0.15) is 45.0 Å². The Balaban J connectivity index is 1.81. The van der Waals surface area contributed by atoms with Crippen molar-refractivity contribution in [1.82, 2.24) is 5.32 Å². The number of alkyl halides is 6. The Morgan fingerprint density at radius 2 is 1.31 bits per heavy atom. The van der Waals surface area contributed by atoms with Crippen molar-refractivity contribution in [3.8, 4) is 0 Å². The molecule has 0 radical (unpaired) electrons. The lowest BCUT2D eigenvalue weighted by atomic mass is 9.87. The van der Waals surface area contributed by atoms with E-state index in [4.69, 9.17) is 5.11 Å². The molecule has 5 nitrogen and oxygen atoms in total. The number of rotatable bonds is 7. The van der Waals surface area contributed by atoms with Crippen LogP contribution in [0.5, 0.6) is 0 Å². The number of nitrogens with one attached hydrogen (secondary N) is 2. The summed E-state index contributed by atoms with van der Waals surface area (Å²) in [4.78, 5) is 23.3. The van der Waals surface area contributed by atoms with E-state index in [2.05, 4.69) is 10.6 Å². The van der Waals surface area contributed by atoms with Gasteiger partial charge in [0.05, 0.1) is 16.7 Å². The number of carboxylic acids is 1. The van der Waals surface area contributed by atoms with Gasteiger partial charge in [-0.15, -0.1) is 0 Å². The van der Waals surface area contributed by atoms with Gasteiger partial charge in [0, 0.05) is 18.2 Å². The fraction of sp³-hybridized carbons (Fsp3) is 0.200. The van der Waals surface area contributed by atoms with Crippen molar-refractivity contribution in [1.29, 1.82) is 0 Å². The lowest BCUT2D eigenvalue weighted by Crippen LogP contribution is -2.30. The average Bonchev–Trinajstić information content (AvgIpc) is 2.81. The molecule has 0 atom stereocenters. The Kier molecular flexibility index (Phi) is 7.91. The molecule has 0 heterocycles. The van der Waals surface area contributed by atoms with Crippen molar-refractivity contribution < 1.29 is 41.0 Å². The lowest BCUT2D eigenvalue weighted by Gasteiger charge is -2.21. The standard InChI is InChI=1S/C25H20F6N2O3/c26-24(27,28)18-7-1-4-15(12-18)21(16-5-2-8-19(13-16)25(29,30)31)10-11-32-23(36)33-20-9-3-6-17(14-20)22(34)35/h1-9,12-14,21H,10-11H2,(H,34,35)(H2,32,33,36). The fourth-order valence-electron chi connectivity index (χ4n) is 3.62. The smallest absolute Gasteiger partial charge is 0.416 e. The third-order valence-electron chi connectivity index (χ3n) is 5.32. The summed E-state index contributed by atoms with van der Waals surface area (Å²) in [5.74, 6) is -2.07. The van der Waals surface area contributed by atoms with Crippen molar-refractivity contribution in [2.45, 2.75) is 24.7 Å². The van der Waals surface area contributed by atoms with Gasteiger partial charge in [-0.25, -0.2) is 9.59 Å². The second-order valence-electron chi connectivity index (χ2n) is 7.85.